The Hall–Kier alpha value is -3.56. The topological polar surface area (TPSA) is 81.1 Å². The molecule has 0 saturated heterocycles. The summed E-state index contributed by atoms with van der Waals surface area (Å²) in [5, 5.41) is 9.68. The first kappa shape index (κ1) is 20.7. The van der Waals surface area contributed by atoms with Crippen molar-refractivity contribution >= 4 is 11.7 Å². The van der Waals surface area contributed by atoms with Crippen LogP contribution in [0.3, 0.4) is 0 Å². The first-order valence-electron chi connectivity index (χ1n) is 9.59. The van der Waals surface area contributed by atoms with Crippen LogP contribution in [0, 0.1) is 0 Å². The zero-order chi connectivity index (χ0) is 22.0. The van der Waals surface area contributed by atoms with Gasteiger partial charge in [0.15, 0.2) is 11.7 Å². The first-order valence-corrected chi connectivity index (χ1v) is 9.59. The molecule has 2 aromatic heterocycles. The first-order chi connectivity index (χ1) is 14.8. The largest absolute Gasteiger partial charge is 0.497 e. The van der Waals surface area contributed by atoms with Crippen LogP contribution in [-0.4, -0.2) is 34.0 Å². The summed E-state index contributed by atoms with van der Waals surface area (Å²) >= 11 is 0. The maximum Gasteiger partial charge on any atom is 0.410 e. The maximum atomic E-state index is 13.8. The third kappa shape index (κ3) is 4.47. The molecule has 0 fully saturated rings. The van der Waals surface area contributed by atoms with Crippen LogP contribution in [-0.2, 0) is 6.54 Å². The quantitative estimate of drug-likeness (QED) is 0.641. The molecule has 0 aliphatic carbocycles. The number of benzene rings is 1. The summed E-state index contributed by atoms with van der Waals surface area (Å²) in [6.07, 6.45) is -1.58. The van der Waals surface area contributed by atoms with Gasteiger partial charge in [0.2, 0.25) is 0 Å². The van der Waals surface area contributed by atoms with Gasteiger partial charge in [-0.1, -0.05) is 18.2 Å². The number of methoxy groups -OCH3 is 1. The average molecular weight is 431 g/mol. The lowest BCUT2D eigenvalue weighted by atomic mass is 9.97. The molecule has 3 heterocycles. The second-order valence-electron chi connectivity index (χ2n) is 7.17. The van der Waals surface area contributed by atoms with Gasteiger partial charge in [0.1, 0.15) is 11.6 Å². The van der Waals surface area contributed by atoms with E-state index in [1.54, 1.807) is 48.8 Å². The van der Waals surface area contributed by atoms with E-state index in [1.165, 1.54) is 13.2 Å². The van der Waals surface area contributed by atoms with E-state index >= 15 is 0 Å². The Morgan fingerprint density at radius 3 is 2.84 bits per heavy atom. The number of rotatable bonds is 5. The normalized spacial score (nSPS) is 18.1. The van der Waals surface area contributed by atoms with E-state index in [2.05, 4.69) is 20.7 Å². The van der Waals surface area contributed by atoms with Crippen LogP contribution in [0.1, 0.15) is 40.1 Å². The highest BCUT2D eigenvalue weighted by molar-refractivity contribution is 5.93. The molecule has 0 radical (unpaired) electrons. The van der Waals surface area contributed by atoms with Crippen LogP contribution in [0.5, 0.6) is 5.75 Å². The lowest BCUT2D eigenvalue weighted by Gasteiger charge is -2.33. The van der Waals surface area contributed by atoms with Crippen molar-refractivity contribution in [2.24, 2.45) is 0 Å². The summed E-state index contributed by atoms with van der Waals surface area (Å²) in [5.41, 5.74) is 1.33. The number of fused-ring (bicyclic) bond motifs is 1. The van der Waals surface area contributed by atoms with Crippen molar-refractivity contribution in [3.63, 3.8) is 0 Å². The molecule has 2 atom stereocenters. The zero-order valence-electron chi connectivity index (χ0n) is 16.6. The highest BCUT2D eigenvalue weighted by atomic mass is 19.4. The van der Waals surface area contributed by atoms with Crippen molar-refractivity contribution in [1.82, 2.24) is 20.1 Å². The molecule has 0 bridgehead atoms. The number of nitrogens with zero attached hydrogens (tertiary/aromatic N) is 3. The van der Waals surface area contributed by atoms with Gasteiger partial charge in [0.25, 0.3) is 5.91 Å². The molecule has 4 rings (SSSR count). The van der Waals surface area contributed by atoms with Gasteiger partial charge in [-0.15, -0.1) is 0 Å². The second kappa shape index (κ2) is 8.29. The molecule has 0 saturated carbocycles. The Morgan fingerprint density at radius 2 is 2.13 bits per heavy atom. The molecule has 3 aromatic rings. The van der Waals surface area contributed by atoms with Crippen molar-refractivity contribution in [3.8, 4) is 5.75 Å². The maximum absolute atomic E-state index is 13.8. The van der Waals surface area contributed by atoms with Crippen LogP contribution in [0.4, 0.5) is 19.0 Å². The van der Waals surface area contributed by atoms with Gasteiger partial charge in [-0.25, -0.2) is 4.68 Å². The van der Waals surface area contributed by atoms with E-state index in [0.29, 0.717) is 11.3 Å². The smallest absolute Gasteiger partial charge is 0.410 e. The third-order valence-corrected chi connectivity index (χ3v) is 5.09. The fourth-order valence-electron chi connectivity index (χ4n) is 3.54. The number of pyridine rings is 1. The van der Waals surface area contributed by atoms with Gasteiger partial charge in [-0.05, 0) is 29.3 Å². The van der Waals surface area contributed by atoms with Crippen molar-refractivity contribution in [1.29, 1.82) is 0 Å². The van der Waals surface area contributed by atoms with Crippen LogP contribution in [0.25, 0.3) is 0 Å². The second-order valence-corrected chi connectivity index (χ2v) is 7.17. The average Bonchev–Trinajstić information content (AvgIpc) is 3.21. The number of anilines is 1. The molecule has 2 N–H and O–H groups in total. The van der Waals surface area contributed by atoms with Gasteiger partial charge in [0, 0.05) is 31.4 Å². The summed E-state index contributed by atoms with van der Waals surface area (Å²) in [6.45, 7) is 0.192. The number of hydrogen-bond acceptors (Lipinski definition) is 5. The van der Waals surface area contributed by atoms with Crippen LogP contribution in [0.2, 0.25) is 0 Å². The molecule has 0 spiro atoms. The van der Waals surface area contributed by atoms with E-state index in [4.69, 9.17) is 4.74 Å². The zero-order valence-corrected chi connectivity index (χ0v) is 16.6. The Morgan fingerprint density at radius 1 is 1.29 bits per heavy atom. The van der Waals surface area contributed by atoms with E-state index in [1.807, 2.05) is 0 Å². The van der Waals surface area contributed by atoms with Crippen LogP contribution < -0.4 is 15.4 Å². The molecule has 1 aliphatic heterocycles. The number of amides is 1. The van der Waals surface area contributed by atoms with E-state index in [-0.39, 0.29) is 24.5 Å². The lowest BCUT2D eigenvalue weighted by molar-refractivity contribution is -0.173. The Balaban J connectivity index is 1.59. The SMILES string of the molecule is COc1cccc([C@@H]2C[C@@H](C(F)(F)F)n3nc(C(=O)NCc4cccnc4)cc3N2)c1. The van der Waals surface area contributed by atoms with Gasteiger partial charge >= 0.3 is 6.18 Å². The minimum atomic E-state index is -4.52. The standard InChI is InChI=1S/C21H20F3N5O2/c1-31-15-6-2-5-14(8-15)16-9-18(21(22,23)24)29-19(27-16)10-17(28-29)20(30)26-12-13-4-3-7-25-11-13/h2-8,10-11,16,18,27H,9,12H2,1H3,(H,26,30)/t16-,18-/m0/s1. The predicted octanol–water partition coefficient (Wildman–Crippen LogP) is 3.88. The van der Waals surface area contributed by atoms with Crippen LogP contribution in [0.15, 0.2) is 54.9 Å². The molecule has 162 valence electrons. The number of halogens is 3. The number of aromatic nitrogens is 3. The number of hydrogen-bond donors (Lipinski definition) is 2. The number of carbonyl (C=O) groups is 1. The van der Waals surface area contributed by atoms with E-state index < -0.39 is 24.2 Å². The minimum absolute atomic E-state index is 0.0908. The molecule has 7 nitrogen and oxygen atoms in total. The van der Waals surface area contributed by atoms with E-state index in [9.17, 15) is 18.0 Å². The summed E-state index contributed by atoms with van der Waals surface area (Å²) in [7, 11) is 1.50. The molecule has 1 aliphatic rings. The van der Waals surface area contributed by atoms with Gasteiger partial charge in [-0.3, -0.25) is 9.78 Å². The van der Waals surface area contributed by atoms with Crippen molar-refractivity contribution in [2.45, 2.75) is 31.2 Å². The number of carbonyl (C=O) groups excluding carboxylic acids is 1. The molecule has 1 aromatic carbocycles. The molecular formula is C21H20F3N5O2. The van der Waals surface area contributed by atoms with E-state index in [0.717, 1.165) is 10.2 Å². The lowest BCUT2D eigenvalue weighted by Crippen LogP contribution is -2.35. The predicted molar refractivity (Wildman–Crippen MR) is 107 cm³/mol. The van der Waals surface area contributed by atoms with Crippen molar-refractivity contribution < 1.29 is 22.7 Å². The summed E-state index contributed by atoms with van der Waals surface area (Å²) in [5.74, 6) is 0.122. The highest BCUT2D eigenvalue weighted by Crippen LogP contribution is 2.43. The Kier molecular flexibility index (Phi) is 5.53. The van der Waals surface area contributed by atoms with Crippen molar-refractivity contribution in [2.75, 3.05) is 12.4 Å². The minimum Gasteiger partial charge on any atom is -0.497 e. The summed E-state index contributed by atoms with van der Waals surface area (Å²) in [6, 6.07) is 9.25. The fourth-order valence-corrected chi connectivity index (χ4v) is 3.54. The summed E-state index contributed by atoms with van der Waals surface area (Å²) in [4.78, 5) is 16.5. The van der Waals surface area contributed by atoms with Gasteiger partial charge in [-0.2, -0.15) is 18.3 Å². The monoisotopic (exact) mass is 431 g/mol. The summed E-state index contributed by atoms with van der Waals surface area (Å²) < 4.78 is 47.5. The van der Waals surface area contributed by atoms with Crippen LogP contribution >= 0.6 is 0 Å². The van der Waals surface area contributed by atoms with Gasteiger partial charge < -0.3 is 15.4 Å². The van der Waals surface area contributed by atoms with Gasteiger partial charge in [0.05, 0.1) is 13.2 Å². The fraction of sp³-hybridized carbons (Fsp3) is 0.286. The molecule has 31 heavy (non-hydrogen) atoms. The molecule has 10 heteroatoms. The molecule has 0 unspecified atom stereocenters. The Labute approximate surface area is 176 Å². The number of nitrogens with one attached hydrogen (secondary N) is 2. The number of ether oxygens (including phenoxy) is 1. The Bertz CT molecular complexity index is 1070. The van der Waals surface area contributed by atoms with Crippen molar-refractivity contribution in [3.05, 3.63) is 71.7 Å². The highest BCUT2D eigenvalue weighted by Gasteiger charge is 2.46. The number of alkyl halides is 3. The molecular weight excluding hydrogens is 411 g/mol. The third-order valence-electron chi connectivity index (χ3n) is 5.09. The molecule has 1 amide bonds.